The average molecular weight is 477 g/mol. The highest BCUT2D eigenvalue weighted by molar-refractivity contribution is 6.86. The van der Waals surface area contributed by atoms with E-state index in [-0.39, 0.29) is 0 Å². The van der Waals surface area contributed by atoms with Crippen molar-refractivity contribution in [3.05, 3.63) is 30.3 Å². The Morgan fingerprint density at radius 2 is 1.06 bits per heavy atom. The van der Waals surface area contributed by atoms with Gasteiger partial charge in [0.2, 0.25) is 8.32 Å². The largest absolute Gasteiger partial charge is 0.544 e. The third-order valence-electron chi connectivity index (χ3n) is 7.19. The van der Waals surface area contributed by atoms with Gasteiger partial charge in [0, 0.05) is 8.80 Å². The first-order valence-electron chi connectivity index (χ1n) is 14.2. The van der Waals surface area contributed by atoms with Gasteiger partial charge in [-0.05, 0) is 30.4 Å². The fraction of sp³-hybridized carbons (Fsp3) is 0.793. The van der Waals surface area contributed by atoms with E-state index >= 15 is 0 Å². The Kier molecular flexibility index (Phi) is 17.4. The monoisotopic (exact) mass is 476 g/mol. The van der Waals surface area contributed by atoms with Crippen molar-refractivity contribution in [3.8, 4) is 5.75 Å². The number of hydrogen-bond donors (Lipinski definition) is 0. The zero-order valence-corrected chi connectivity index (χ0v) is 24.6. The lowest BCUT2D eigenvalue weighted by Gasteiger charge is -2.35. The number of unbranched alkanes of at least 4 members (excludes halogenated alkanes) is 15. The molecule has 0 saturated heterocycles. The second kappa shape index (κ2) is 18.8. The molecule has 0 radical (unpaired) electrons. The molecule has 0 fully saturated rings. The highest BCUT2D eigenvalue weighted by atomic mass is 28.4. The lowest BCUT2D eigenvalue weighted by molar-refractivity contribution is 0.516. The molecule has 3 heteroatoms. The van der Waals surface area contributed by atoms with Gasteiger partial charge < -0.3 is 4.43 Å². The molecule has 1 rings (SSSR count). The first kappa shape index (κ1) is 29.5. The van der Waals surface area contributed by atoms with Gasteiger partial charge in [-0.25, -0.2) is 0 Å². The molecule has 0 aliphatic carbocycles. The highest BCUT2D eigenvalue weighted by Crippen LogP contribution is 2.33. The molecule has 1 unspecified atom stereocenters. The molecular weight excluding hydrogens is 420 g/mol. The summed E-state index contributed by atoms with van der Waals surface area (Å²) >= 11 is 0. The maximum absolute atomic E-state index is 6.58. The van der Waals surface area contributed by atoms with Crippen LogP contribution in [0.15, 0.2) is 30.3 Å². The molecule has 1 aromatic rings. The maximum Gasteiger partial charge on any atom is 0.245 e. The van der Waals surface area contributed by atoms with Crippen LogP contribution in [-0.4, -0.2) is 17.1 Å². The van der Waals surface area contributed by atoms with Crippen LogP contribution < -0.4 is 4.43 Å². The normalized spacial score (nSPS) is 12.9. The minimum atomic E-state index is -1.68. The Morgan fingerprint density at radius 1 is 0.656 bits per heavy atom. The van der Waals surface area contributed by atoms with Crippen LogP contribution in [0.2, 0.25) is 31.4 Å². The molecule has 32 heavy (non-hydrogen) atoms. The summed E-state index contributed by atoms with van der Waals surface area (Å²) in [7, 11) is -2.39. The van der Waals surface area contributed by atoms with Crippen LogP contribution in [0.4, 0.5) is 0 Å². The number of rotatable bonds is 21. The quantitative estimate of drug-likeness (QED) is 0.127. The van der Waals surface area contributed by atoms with Crippen LogP contribution in [-0.2, 0) is 0 Å². The van der Waals surface area contributed by atoms with Gasteiger partial charge in [-0.2, -0.15) is 0 Å². The van der Waals surface area contributed by atoms with Crippen LogP contribution in [0.25, 0.3) is 0 Å². The third-order valence-corrected chi connectivity index (χ3v) is 16.4. The van der Waals surface area contributed by atoms with Gasteiger partial charge in [0.15, 0.2) is 0 Å². The van der Waals surface area contributed by atoms with Crippen molar-refractivity contribution >= 4 is 17.1 Å². The number of hydrogen-bond acceptors (Lipinski definition) is 1. The maximum atomic E-state index is 6.58. The molecule has 0 aliphatic rings. The summed E-state index contributed by atoms with van der Waals surface area (Å²) in [4.78, 5) is 0. The molecule has 1 atom stereocenters. The number of benzene rings is 1. The van der Waals surface area contributed by atoms with Gasteiger partial charge in [-0.3, -0.25) is 0 Å². The summed E-state index contributed by atoms with van der Waals surface area (Å²) < 4.78 is 6.58. The van der Waals surface area contributed by atoms with Gasteiger partial charge >= 0.3 is 0 Å². The predicted octanol–water partition coefficient (Wildman–Crippen LogP) is 10.3. The SMILES string of the molecule is CCCCCCCCCCCCCCCCCCC([SiH](C)C)[Si](C)(C)Oc1ccccc1. The average Bonchev–Trinajstić information content (AvgIpc) is 2.76. The Bertz CT molecular complexity index is 529. The van der Waals surface area contributed by atoms with E-state index in [1.54, 1.807) is 0 Å². The molecule has 0 heterocycles. The van der Waals surface area contributed by atoms with Crippen molar-refractivity contribution < 1.29 is 4.43 Å². The van der Waals surface area contributed by atoms with Gasteiger partial charge in [0.05, 0.1) is 0 Å². The lowest BCUT2D eigenvalue weighted by atomic mass is 10.0. The molecule has 0 bridgehead atoms. The Morgan fingerprint density at radius 3 is 1.47 bits per heavy atom. The van der Waals surface area contributed by atoms with Crippen LogP contribution in [0.5, 0.6) is 5.75 Å². The van der Waals surface area contributed by atoms with E-state index in [2.05, 4.69) is 63.4 Å². The molecule has 0 aliphatic heterocycles. The summed E-state index contributed by atoms with van der Waals surface area (Å²) in [5.41, 5.74) is 0. The fourth-order valence-corrected chi connectivity index (χ4v) is 14.6. The summed E-state index contributed by atoms with van der Waals surface area (Å²) in [6, 6.07) is 10.5. The second-order valence-electron chi connectivity index (χ2n) is 11.0. The molecule has 1 nitrogen and oxygen atoms in total. The van der Waals surface area contributed by atoms with E-state index in [1.807, 2.05) is 0 Å². The van der Waals surface area contributed by atoms with E-state index < -0.39 is 17.1 Å². The van der Waals surface area contributed by atoms with Crippen molar-refractivity contribution in [2.75, 3.05) is 0 Å². The lowest BCUT2D eigenvalue weighted by Crippen LogP contribution is -2.45. The highest BCUT2D eigenvalue weighted by Gasteiger charge is 2.37. The minimum Gasteiger partial charge on any atom is -0.544 e. The Hall–Kier alpha value is -0.546. The zero-order chi connectivity index (χ0) is 23.5. The van der Waals surface area contributed by atoms with Crippen molar-refractivity contribution in [2.45, 2.75) is 147 Å². The zero-order valence-electron chi connectivity index (χ0n) is 22.5. The summed E-state index contributed by atoms with van der Waals surface area (Å²) in [6.07, 6.45) is 24.6. The molecule has 0 aromatic heterocycles. The van der Waals surface area contributed by atoms with Gasteiger partial charge in [-0.1, -0.05) is 147 Å². The second-order valence-corrected chi connectivity index (χ2v) is 19.1. The summed E-state index contributed by atoms with van der Waals surface area (Å²) in [5.74, 6) is 1.08. The van der Waals surface area contributed by atoms with Crippen molar-refractivity contribution in [2.24, 2.45) is 0 Å². The molecule has 0 spiro atoms. The van der Waals surface area contributed by atoms with Gasteiger partial charge in [0.1, 0.15) is 5.75 Å². The van der Waals surface area contributed by atoms with Crippen molar-refractivity contribution in [3.63, 3.8) is 0 Å². The van der Waals surface area contributed by atoms with Crippen molar-refractivity contribution in [1.29, 1.82) is 0 Å². The van der Waals surface area contributed by atoms with Crippen LogP contribution in [0.3, 0.4) is 0 Å². The van der Waals surface area contributed by atoms with E-state index in [9.17, 15) is 0 Å². The molecule has 0 amide bonds. The van der Waals surface area contributed by atoms with Gasteiger partial charge in [0.25, 0.3) is 0 Å². The first-order valence-corrected chi connectivity index (χ1v) is 20.2. The van der Waals surface area contributed by atoms with E-state index in [0.29, 0.717) is 0 Å². The summed E-state index contributed by atoms with van der Waals surface area (Å²) in [5, 5.41) is 0.870. The van der Waals surface area contributed by atoms with Crippen LogP contribution in [0, 0.1) is 0 Å². The van der Waals surface area contributed by atoms with E-state index in [0.717, 1.165) is 10.9 Å². The van der Waals surface area contributed by atoms with Gasteiger partial charge in [-0.15, -0.1) is 0 Å². The van der Waals surface area contributed by atoms with E-state index in [1.165, 1.54) is 109 Å². The Balaban J connectivity index is 2.02. The third kappa shape index (κ3) is 14.6. The topological polar surface area (TPSA) is 9.23 Å². The van der Waals surface area contributed by atoms with Crippen LogP contribution >= 0.6 is 0 Å². The van der Waals surface area contributed by atoms with Crippen LogP contribution in [0.1, 0.15) is 116 Å². The molecule has 1 aromatic carbocycles. The molecule has 0 N–H and O–H groups in total. The Labute approximate surface area is 204 Å². The fourth-order valence-electron chi connectivity index (χ4n) is 5.26. The smallest absolute Gasteiger partial charge is 0.245 e. The minimum absolute atomic E-state index is 0.710. The summed E-state index contributed by atoms with van der Waals surface area (Å²) in [6.45, 7) is 12.3. The standard InChI is InChI=1S/C29H56OSi2/c1-6-7-8-9-10-11-12-13-14-15-16-17-18-19-20-24-27-29(31(2)3)32(4,5)30-28-25-22-21-23-26-28/h21-23,25-26,29,31H,6-20,24,27H2,1-5H3. The molecule has 0 saturated carbocycles. The van der Waals surface area contributed by atoms with Crippen molar-refractivity contribution in [1.82, 2.24) is 0 Å². The van der Waals surface area contributed by atoms with E-state index in [4.69, 9.17) is 4.43 Å². The number of para-hydroxylation sites is 1. The molecular formula is C29H56OSi2. The molecule has 186 valence electrons. The predicted molar refractivity (Wildman–Crippen MR) is 151 cm³/mol. The first-order chi connectivity index (χ1) is 15.5.